The zero-order valence-corrected chi connectivity index (χ0v) is 13.6. The van der Waals surface area contributed by atoms with Crippen molar-refractivity contribution in [3.63, 3.8) is 0 Å². The molecule has 112 valence electrons. The predicted molar refractivity (Wildman–Crippen MR) is 83.6 cm³/mol. The van der Waals surface area contributed by atoms with Crippen LogP contribution in [0.2, 0.25) is 0 Å². The molecule has 0 saturated heterocycles. The molecule has 0 fully saturated rings. The molecule has 7 heteroatoms. The molecule has 1 aromatic heterocycles. The summed E-state index contributed by atoms with van der Waals surface area (Å²) in [5, 5.41) is 2.86. The van der Waals surface area contributed by atoms with Gasteiger partial charge in [0.1, 0.15) is 6.61 Å². The lowest BCUT2D eigenvalue weighted by Gasteiger charge is -2.09. The Morgan fingerprint density at radius 3 is 2.48 bits per heavy atom. The van der Waals surface area contributed by atoms with Gasteiger partial charge in [0, 0.05) is 17.1 Å². The summed E-state index contributed by atoms with van der Waals surface area (Å²) in [6.45, 7) is 2.93. The van der Waals surface area contributed by atoms with E-state index < -0.39 is 0 Å². The highest BCUT2D eigenvalue weighted by Gasteiger charge is 2.08. The second-order valence-electron chi connectivity index (χ2n) is 4.20. The minimum atomic E-state index is 0.233. The third-order valence-electron chi connectivity index (χ3n) is 2.57. The largest absolute Gasteiger partial charge is 0.463 e. The van der Waals surface area contributed by atoms with E-state index in [2.05, 4.69) is 36.2 Å². The summed E-state index contributed by atoms with van der Waals surface area (Å²) >= 11 is 3.48. The van der Waals surface area contributed by atoms with E-state index in [-0.39, 0.29) is 12.0 Å². The van der Waals surface area contributed by atoms with Crippen molar-refractivity contribution in [3.8, 4) is 12.0 Å². The van der Waals surface area contributed by atoms with Crippen molar-refractivity contribution in [1.82, 2.24) is 15.0 Å². The van der Waals surface area contributed by atoms with Crippen molar-refractivity contribution in [2.24, 2.45) is 0 Å². The number of ether oxygens (including phenoxy) is 2. The van der Waals surface area contributed by atoms with Crippen molar-refractivity contribution >= 4 is 21.9 Å². The highest BCUT2D eigenvalue weighted by molar-refractivity contribution is 9.10. The Labute approximate surface area is 132 Å². The molecule has 0 radical (unpaired) electrons. The van der Waals surface area contributed by atoms with Crippen LogP contribution in [0.5, 0.6) is 12.0 Å². The number of anilines is 1. The first-order valence-corrected chi connectivity index (χ1v) is 7.45. The van der Waals surface area contributed by atoms with Crippen molar-refractivity contribution < 1.29 is 9.47 Å². The summed E-state index contributed by atoms with van der Waals surface area (Å²) in [4.78, 5) is 12.4. The third-order valence-corrected chi connectivity index (χ3v) is 3.34. The van der Waals surface area contributed by atoms with Crippen LogP contribution in [0.4, 0.5) is 5.95 Å². The third kappa shape index (κ3) is 4.56. The molecule has 1 heterocycles. The summed E-state index contributed by atoms with van der Waals surface area (Å²) in [6.07, 6.45) is 0.883. The molecule has 2 rings (SSSR count). The molecular weight excluding hydrogens is 336 g/mol. The van der Waals surface area contributed by atoms with Gasteiger partial charge < -0.3 is 14.8 Å². The number of rotatable bonds is 7. The Bertz CT molecular complexity index is 595. The fourth-order valence-corrected chi connectivity index (χ4v) is 1.93. The van der Waals surface area contributed by atoms with Gasteiger partial charge in [0.05, 0.1) is 6.61 Å². The topological polar surface area (TPSA) is 69.2 Å². The van der Waals surface area contributed by atoms with Crippen LogP contribution in [0.3, 0.4) is 0 Å². The van der Waals surface area contributed by atoms with Crippen LogP contribution in [-0.4, -0.2) is 28.6 Å². The fraction of sp³-hybridized carbons (Fsp3) is 0.357. The fourth-order valence-electron chi connectivity index (χ4n) is 1.53. The lowest BCUT2D eigenvalue weighted by molar-refractivity contribution is 0.255. The smallest absolute Gasteiger partial charge is 0.324 e. The average molecular weight is 353 g/mol. The molecule has 1 N–H and O–H groups in total. The highest BCUT2D eigenvalue weighted by atomic mass is 79.9. The van der Waals surface area contributed by atoms with E-state index in [0.29, 0.717) is 19.2 Å². The standard InChI is InChI=1S/C14H17BrN4O2/c1-3-8-20-13-17-12(16-2)18-14(19-13)21-9-10-6-4-5-7-11(10)15/h4-7H,3,8-9H2,1-2H3,(H,16,17,18,19). The number of benzene rings is 1. The molecule has 1 aromatic carbocycles. The van der Waals surface area contributed by atoms with Gasteiger partial charge >= 0.3 is 12.0 Å². The van der Waals surface area contributed by atoms with Crippen LogP contribution >= 0.6 is 15.9 Å². The molecule has 0 amide bonds. The van der Waals surface area contributed by atoms with Crippen molar-refractivity contribution in [2.45, 2.75) is 20.0 Å². The molecule has 0 saturated carbocycles. The van der Waals surface area contributed by atoms with E-state index in [1.807, 2.05) is 31.2 Å². The lowest BCUT2D eigenvalue weighted by Crippen LogP contribution is -2.08. The Morgan fingerprint density at radius 1 is 1.10 bits per heavy atom. The zero-order chi connectivity index (χ0) is 15.1. The van der Waals surface area contributed by atoms with Crippen LogP contribution in [0.15, 0.2) is 28.7 Å². The molecule has 0 bridgehead atoms. The van der Waals surface area contributed by atoms with Crippen LogP contribution < -0.4 is 14.8 Å². The number of aromatic nitrogens is 3. The Morgan fingerprint density at radius 2 is 1.81 bits per heavy atom. The number of nitrogens with zero attached hydrogens (tertiary/aromatic N) is 3. The average Bonchev–Trinajstić information content (AvgIpc) is 2.52. The number of hydrogen-bond acceptors (Lipinski definition) is 6. The normalized spacial score (nSPS) is 10.2. The number of nitrogens with one attached hydrogen (secondary N) is 1. The van der Waals surface area contributed by atoms with Gasteiger partial charge in [-0.2, -0.15) is 9.97 Å². The minimum absolute atomic E-state index is 0.233. The van der Waals surface area contributed by atoms with Crippen molar-refractivity contribution in [3.05, 3.63) is 34.3 Å². The zero-order valence-electron chi connectivity index (χ0n) is 12.0. The van der Waals surface area contributed by atoms with E-state index in [4.69, 9.17) is 9.47 Å². The van der Waals surface area contributed by atoms with Gasteiger partial charge in [-0.05, 0) is 12.5 Å². The molecule has 6 nitrogen and oxygen atoms in total. The summed E-state index contributed by atoms with van der Waals surface area (Å²) in [5.74, 6) is 0.415. The number of halogens is 1. The van der Waals surface area contributed by atoms with Gasteiger partial charge in [-0.1, -0.05) is 41.1 Å². The van der Waals surface area contributed by atoms with Gasteiger partial charge in [-0.15, -0.1) is 4.98 Å². The van der Waals surface area contributed by atoms with E-state index >= 15 is 0 Å². The Hall–Kier alpha value is -1.89. The van der Waals surface area contributed by atoms with Gasteiger partial charge in [0.15, 0.2) is 0 Å². The molecule has 0 spiro atoms. The summed E-state index contributed by atoms with van der Waals surface area (Å²) in [6, 6.07) is 8.33. The molecule has 0 atom stereocenters. The molecule has 2 aromatic rings. The first-order chi connectivity index (χ1) is 10.2. The first kappa shape index (κ1) is 15.5. The second-order valence-corrected chi connectivity index (χ2v) is 5.06. The Balaban J connectivity index is 2.09. The maximum Gasteiger partial charge on any atom is 0.324 e. The monoisotopic (exact) mass is 352 g/mol. The van der Waals surface area contributed by atoms with Crippen molar-refractivity contribution in [2.75, 3.05) is 19.0 Å². The van der Waals surface area contributed by atoms with E-state index in [0.717, 1.165) is 16.5 Å². The SMILES string of the molecule is CCCOc1nc(NC)nc(OCc2ccccc2Br)n1. The molecule has 0 aliphatic heterocycles. The summed E-state index contributed by atoms with van der Waals surface area (Å²) in [5.41, 5.74) is 1.01. The van der Waals surface area contributed by atoms with Gasteiger partial charge in [-0.25, -0.2) is 0 Å². The van der Waals surface area contributed by atoms with E-state index in [9.17, 15) is 0 Å². The maximum atomic E-state index is 5.62. The predicted octanol–water partition coefficient (Wildman–Crippen LogP) is 3.04. The van der Waals surface area contributed by atoms with Gasteiger partial charge in [-0.3, -0.25) is 0 Å². The van der Waals surface area contributed by atoms with Crippen LogP contribution in [-0.2, 0) is 6.61 Å². The van der Waals surface area contributed by atoms with Gasteiger partial charge in [0.25, 0.3) is 0 Å². The maximum absolute atomic E-state index is 5.62. The van der Waals surface area contributed by atoms with Gasteiger partial charge in [0.2, 0.25) is 5.95 Å². The van der Waals surface area contributed by atoms with Crippen LogP contribution in [0.25, 0.3) is 0 Å². The molecule has 0 unspecified atom stereocenters. The quantitative estimate of drug-likeness (QED) is 0.825. The number of hydrogen-bond donors (Lipinski definition) is 1. The minimum Gasteiger partial charge on any atom is -0.463 e. The molecule has 0 aliphatic rings. The lowest BCUT2D eigenvalue weighted by atomic mass is 10.2. The van der Waals surface area contributed by atoms with E-state index in [1.54, 1.807) is 7.05 Å². The Kier molecular flexibility index (Phi) is 5.74. The molecule has 0 aliphatic carbocycles. The van der Waals surface area contributed by atoms with E-state index in [1.165, 1.54) is 0 Å². The molecular formula is C14H17BrN4O2. The van der Waals surface area contributed by atoms with Crippen LogP contribution in [0.1, 0.15) is 18.9 Å². The van der Waals surface area contributed by atoms with Crippen LogP contribution in [0, 0.1) is 0 Å². The second kappa shape index (κ2) is 7.78. The summed E-state index contributed by atoms with van der Waals surface area (Å²) < 4.78 is 12.0. The van der Waals surface area contributed by atoms with Crippen molar-refractivity contribution in [1.29, 1.82) is 0 Å². The molecule has 21 heavy (non-hydrogen) atoms. The summed E-state index contributed by atoms with van der Waals surface area (Å²) in [7, 11) is 1.73. The first-order valence-electron chi connectivity index (χ1n) is 6.65. The highest BCUT2D eigenvalue weighted by Crippen LogP contribution is 2.19.